The lowest BCUT2D eigenvalue weighted by Gasteiger charge is -2.25. The van der Waals surface area contributed by atoms with Gasteiger partial charge in [0.25, 0.3) is 0 Å². The Bertz CT molecular complexity index is 295. The number of hydrogen-bond donors (Lipinski definition) is 3. The van der Waals surface area contributed by atoms with E-state index in [-0.39, 0.29) is 25.7 Å². The highest BCUT2D eigenvalue weighted by atomic mass is 16.5. The van der Waals surface area contributed by atoms with E-state index in [9.17, 15) is 9.59 Å². The monoisotopic (exact) mass is 244 g/mol. The zero-order valence-corrected chi connectivity index (χ0v) is 10.3. The minimum Gasteiger partial charge on any atom is -0.481 e. The molecule has 0 aromatic carbocycles. The van der Waals surface area contributed by atoms with Gasteiger partial charge in [-0.2, -0.15) is 0 Å². The van der Waals surface area contributed by atoms with Crippen molar-refractivity contribution in [3.8, 4) is 0 Å². The molecule has 0 aromatic rings. The maximum absolute atomic E-state index is 11.6. The summed E-state index contributed by atoms with van der Waals surface area (Å²) in [5.41, 5.74) is -1.03. The number of nitrogens with one attached hydrogen (secondary N) is 2. The highest BCUT2D eigenvalue weighted by Gasteiger charge is 2.47. The topological polar surface area (TPSA) is 87.7 Å². The number of carbonyl (C=O) groups excluding carboxylic acids is 1. The first kappa shape index (κ1) is 13.9. The molecule has 0 saturated carbocycles. The normalized spacial score (nSPS) is 28.0. The molecule has 6 nitrogen and oxygen atoms in total. The molecule has 1 aliphatic rings. The Hall–Kier alpha value is -1.14. The average Bonchev–Trinajstić information content (AvgIpc) is 2.62. The predicted octanol–water partition coefficient (Wildman–Crippen LogP) is -0.408. The molecule has 2 unspecified atom stereocenters. The number of amides is 1. The van der Waals surface area contributed by atoms with Crippen LogP contribution in [0.1, 0.15) is 20.3 Å². The molecule has 1 fully saturated rings. The summed E-state index contributed by atoms with van der Waals surface area (Å²) in [6.07, 6.45) is 0.951. The molecule has 6 heteroatoms. The molecule has 0 aromatic heterocycles. The minimum absolute atomic E-state index is 0.135. The van der Waals surface area contributed by atoms with Gasteiger partial charge in [-0.15, -0.1) is 0 Å². The molecule has 2 atom stereocenters. The summed E-state index contributed by atoms with van der Waals surface area (Å²) in [5, 5.41) is 14.8. The Morgan fingerprint density at radius 2 is 2.24 bits per heavy atom. The van der Waals surface area contributed by atoms with Gasteiger partial charge in [0, 0.05) is 0 Å². The molecule has 98 valence electrons. The highest BCUT2D eigenvalue weighted by molar-refractivity contribution is 5.81. The van der Waals surface area contributed by atoms with Crippen LogP contribution in [0.3, 0.4) is 0 Å². The zero-order chi connectivity index (χ0) is 12.9. The van der Waals surface area contributed by atoms with E-state index >= 15 is 0 Å². The van der Waals surface area contributed by atoms with Gasteiger partial charge in [-0.25, -0.2) is 0 Å². The number of carboxylic acids is 1. The van der Waals surface area contributed by atoms with Crippen LogP contribution in [0.5, 0.6) is 0 Å². The van der Waals surface area contributed by atoms with Gasteiger partial charge in [0.2, 0.25) is 5.91 Å². The van der Waals surface area contributed by atoms with Crippen LogP contribution in [0.15, 0.2) is 0 Å². The molecule has 1 saturated heterocycles. The van der Waals surface area contributed by atoms with Crippen molar-refractivity contribution in [1.82, 2.24) is 10.6 Å². The molecular weight excluding hydrogens is 224 g/mol. The van der Waals surface area contributed by atoms with Crippen LogP contribution >= 0.6 is 0 Å². The van der Waals surface area contributed by atoms with Crippen LogP contribution in [0.2, 0.25) is 0 Å². The molecular formula is C11H20N2O4. The van der Waals surface area contributed by atoms with Gasteiger partial charge in [-0.3, -0.25) is 9.59 Å². The Morgan fingerprint density at radius 3 is 2.82 bits per heavy atom. The Balaban J connectivity index is 2.45. The molecule has 1 amide bonds. The molecule has 0 bridgehead atoms. The number of carbonyl (C=O) groups is 2. The summed E-state index contributed by atoms with van der Waals surface area (Å²) in [4.78, 5) is 22.7. The van der Waals surface area contributed by atoms with Crippen LogP contribution in [-0.2, 0) is 14.3 Å². The van der Waals surface area contributed by atoms with E-state index < -0.39 is 17.4 Å². The summed E-state index contributed by atoms with van der Waals surface area (Å²) in [5.74, 6) is -1.14. The van der Waals surface area contributed by atoms with Crippen LogP contribution in [0.4, 0.5) is 0 Å². The molecule has 0 radical (unpaired) electrons. The van der Waals surface area contributed by atoms with E-state index in [1.807, 2.05) is 6.92 Å². The van der Waals surface area contributed by atoms with Crippen molar-refractivity contribution in [1.29, 1.82) is 0 Å². The predicted molar refractivity (Wildman–Crippen MR) is 61.7 cm³/mol. The second-order valence-electron chi connectivity index (χ2n) is 4.53. The van der Waals surface area contributed by atoms with Gasteiger partial charge in [0.1, 0.15) is 5.41 Å². The quantitative estimate of drug-likeness (QED) is 0.553. The van der Waals surface area contributed by atoms with E-state index in [1.54, 1.807) is 6.92 Å². The summed E-state index contributed by atoms with van der Waals surface area (Å²) < 4.78 is 5.14. The smallest absolute Gasteiger partial charge is 0.313 e. The molecule has 1 aliphatic heterocycles. The first-order valence-corrected chi connectivity index (χ1v) is 5.82. The molecule has 0 spiro atoms. The van der Waals surface area contributed by atoms with Gasteiger partial charge < -0.3 is 20.5 Å². The van der Waals surface area contributed by atoms with Gasteiger partial charge in [0.15, 0.2) is 0 Å². The van der Waals surface area contributed by atoms with Crippen molar-refractivity contribution in [2.75, 3.05) is 26.3 Å². The van der Waals surface area contributed by atoms with Crippen molar-refractivity contribution in [2.45, 2.75) is 26.3 Å². The molecule has 3 N–H and O–H groups in total. The SMILES string of the molecule is CCCNCC(=O)NC1COCC1(C)C(=O)O. The molecule has 17 heavy (non-hydrogen) atoms. The zero-order valence-electron chi connectivity index (χ0n) is 10.3. The van der Waals surface area contributed by atoms with E-state index in [2.05, 4.69) is 10.6 Å². The number of hydrogen-bond acceptors (Lipinski definition) is 4. The molecule has 1 rings (SSSR count). The van der Waals surface area contributed by atoms with E-state index in [0.29, 0.717) is 0 Å². The third-order valence-electron chi connectivity index (χ3n) is 2.99. The first-order valence-electron chi connectivity index (χ1n) is 5.82. The summed E-state index contributed by atoms with van der Waals surface area (Å²) in [7, 11) is 0. The second kappa shape index (κ2) is 5.97. The lowest BCUT2D eigenvalue weighted by atomic mass is 9.85. The van der Waals surface area contributed by atoms with E-state index in [1.165, 1.54) is 0 Å². The maximum atomic E-state index is 11.6. The standard InChI is InChI=1S/C11H20N2O4/c1-3-4-12-5-9(14)13-8-6-17-7-11(8,2)10(15)16/h8,12H,3-7H2,1-2H3,(H,13,14)(H,15,16). The summed E-state index contributed by atoms with van der Waals surface area (Å²) >= 11 is 0. The highest BCUT2D eigenvalue weighted by Crippen LogP contribution is 2.28. The fourth-order valence-corrected chi connectivity index (χ4v) is 1.71. The fraction of sp³-hybridized carbons (Fsp3) is 0.818. The lowest BCUT2D eigenvalue weighted by molar-refractivity contribution is -0.149. The van der Waals surface area contributed by atoms with Gasteiger partial charge in [-0.1, -0.05) is 6.92 Å². The van der Waals surface area contributed by atoms with Crippen molar-refractivity contribution < 1.29 is 19.4 Å². The average molecular weight is 244 g/mol. The lowest BCUT2D eigenvalue weighted by Crippen LogP contribution is -2.51. The van der Waals surface area contributed by atoms with Gasteiger partial charge in [-0.05, 0) is 19.9 Å². The van der Waals surface area contributed by atoms with Crippen LogP contribution in [0, 0.1) is 5.41 Å². The Kier molecular flexibility index (Phi) is 4.89. The third kappa shape index (κ3) is 3.41. The van der Waals surface area contributed by atoms with Crippen molar-refractivity contribution in [3.63, 3.8) is 0 Å². The summed E-state index contributed by atoms with van der Waals surface area (Å²) in [6.45, 7) is 4.97. The van der Waals surface area contributed by atoms with Crippen molar-refractivity contribution in [2.24, 2.45) is 5.41 Å². The summed E-state index contributed by atoms with van der Waals surface area (Å²) in [6, 6.07) is -0.462. The van der Waals surface area contributed by atoms with Crippen LogP contribution < -0.4 is 10.6 Å². The second-order valence-corrected chi connectivity index (χ2v) is 4.53. The van der Waals surface area contributed by atoms with Gasteiger partial charge in [0.05, 0.1) is 25.8 Å². The largest absolute Gasteiger partial charge is 0.481 e. The molecule has 1 heterocycles. The van der Waals surface area contributed by atoms with Gasteiger partial charge >= 0.3 is 5.97 Å². The van der Waals surface area contributed by atoms with Crippen LogP contribution in [-0.4, -0.2) is 49.3 Å². The number of ether oxygens (including phenoxy) is 1. The van der Waals surface area contributed by atoms with Crippen LogP contribution in [0.25, 0.3) is 0 Å². The van der Waals surface area contributed by atoms with E-state index in [4.69, 9.17) is 9.84 Å². The van der Waals surface area contributed by atoms with Crippen molar-refractivity contribution in [3.05, 3.63) is 0 Å². The number of rotatable bonds is 6. The fourth-order valence-electron chi connectivity index (χ4n) is 1.71. The first-order chi connectivity index (χ1) is 8.00. The van der Waals surface area contributed by atoms with Crippen molar-refractivity contribution >= 4 is 11.9 Å². The molecule has 0 aliphatic carbocycles. The Labute approximate surface area is 101 Å². The number of aliphatic carboxylic acids is 1. The minimum atomic E-state index is -1.03. The Morgan fingerprint density at radius 1 is 1.53 bits per heavy atom. The van der Waals surface area contributed by atoms with E-state index in [0.717, 1.165) is 13.0 Å². The number of carboxylic acid groups (broad SMARTS) is 1. The third-order valence-corrected chi connectivity index (χ3v) is 2.99. The maximum Gasteiger partial charge on any atom is 0.313 e.